The lowest BCUT2D eigenvalue weighted by Gasteiger charge is -2.35. The van der Waals surface area contributed by atoms with Gasteiger partial charge in [-0.05, 0) is 44.0 Å². The van der Waals surface area contributed by atoms with E-state index in [0.29, 0.717) is 19.4 Å². The van der Waals surface area contributed by atoms with E-state index in [1.165, 1.54) is 24.3 Å². The lowest BCUT2D eigenvalue weighted by molar-refractivity contribution is -0.00475. The molecule has 1 aliphatic rings. The maximum atomic E-state index is 12.1. The van der Waals surface area contributed by atoms with E-state index in [9.17, 15) is 16.8 Å². The second kappa shape index (κ2) is 6.21. The van der Waals surface area contributed by atoms with Gasteiger partial charge >= 0.3 is 0 Å². The number of sulfonamides is 1. The molecule has 1 aromatic rings. The molecule has 0 bridgehead atoms. The highest BCUT2D eigenvalue weighted by Gasteiger charge is 2.33. The summed E-state index contributed by atoms with van der Waals surface area (Å²) >= 11 is 0. The van der Waals surface area contributed by atoms with Crippen molar-refractivity contribution >= 4 is 29.8 Å². The summed E-state index contributed by atoms with van der Waals surface area (Å²) < 4.78 is 54.4. The average Bonchev–Trinajstić information content (AvgIpc) is 2.35. The lowest BCUT2D eigenvalue weighted by Crippen LogP contribution is -2.47. The maximum absolute atomic E-state index is 12.1. The van der Waals surface area contributed by atoms with Gasteiger partial charge in [-0.15, -0.1) is 0 Å². The number of nitrogens with one attached hydrogen (secondary N) is 1. The van der Waals surface area contributed by atoms with Crippen LogP contribution in [0.3, 0.4) is 0 Å². The molecule has 21 heavy (non-hydrogen) atoms. The Morgan fingerprint density at radius 2 is 1.67 bits per heavy atom. The van der Waals surface area contributed by atoms with Crippen LogP contribution in [0.15, 0.2) is 34.1 Å². The Bertz CT molecular complexity index is 694. The first kappa shape index (κ1) is 16.7. The van der Waals surface area contributed by atoms with Crippen molar-refractivity contribution < 1.29 is 21.6 Å². The summed E-state index contributed by atoms with van der Waals surface area (Å²) in [6.45, 7) is 2.50. The van der Waals surface area contributed by atoms with Crippen molar-refractivity contribution in [3.8, 4) is 0 Å². The Labute approximate surface area is 128 Å². The molecule has 1 fully saturated rings. The van der Waals surface area contributed by atoms with Crippen molar-refractivity contribution in [2.24, 2.45) is 0 Å². The molecule has 0 unspecified atom stereocenters. The van der Waals surface area contributed by atoms with Crippen LogP contribution in [0.1, 0.15) is 19.8 Å². The number of benzene rings is 1. The summed E-state index contributed by atoms with van der Waals surface area (Å²) in [4.78, 5) is -0.130. The summed E-state index contributed by atoms with van der Waals surface area (Å²) in [5, 5.41) is 0. The Kier molecular flexibility index (Phi) is 4.94. The van der Waals surface area contributed by atoms with Gasteiger partial charge in [0.15, 0.2) is 0 Å². The Morgan fingerprint density at radius 3 is 2.14 bits per heavy atom. The van der Waals surface area contributed by atoms with Gasteiger partial charge in [0.2, 0.25) is 10.0 Å². The molecular formula is C12H16ClNO5S2. The van der Waals surface area contributed by atoms with E-state index in [-0.39, 0.29) is 21.9 Å². The van der Waals surface area contributed by atoms with E-state index in [2.05, 4.69) is 4.72 Å². The van der Waals surface area contributed by atoms with Gasteiger partial charge in [0.25, 0.3) is 9.05 Å². The van der Waals surface area contributed by atoms with Crippen LogP contribution in [0.25, 0.3) is 0 Å². The third kappa shape index (κ3) is 4.17. The van der Waals surface area contributed by atoms with Gasteiger partial charge in [-0.1, -0.05) is 0 Å². The van der Waals surface area contributed by atoms with Gasteiger partial charge in [-0.3, -0.25) is 0 Å². The van der Waals surface area contributed by atoms with E-state index >= 15 is 0 Å². The number of rotatable bonds is 6. The van der Waals surface area contributed by atoms with Gasteiger partial charge in [-0.25, -0.2) is 21.6 Å². The largest absolute Gasteiger partial charge is 0.378 e. The van der Waals surface area contributed by atoms with Crippen molar-refractivity contribution in [2.75, 3.05) is 6.61 Å². The predicted octanol–water partition coefficient (Wildman–Crippen LogP) is 1.46. The van der Waals surface area contributed by atoms with Gasteiger partial charge in [-0.2, -0.15) is 0 Å². The fourth-order valence-corrected chi connectivity index (χ4v) is 4.13. The van der Waals surface area contributed by atoms with Gasteiger partial charge < -0.3 is 4.74 Å². The molecule has 0 aliphatic heterocycles. The summed E-state index contributed by atoms with van der Waals surface area (Å²) in [6.07, 6.45) is 1.38. The minimum atomic E-state index is -3.85. The normalized spacial score (nSPS) is 22.8. The van der Waals surface area contributed by atoms with Crippen molar-refractivity contribution in [3.05, 3.63) is 24.3 Å². The van der Waals surface area contributed by atoms with E-state index in [4.69, 9.17) is 15.4 Å². The van der Waals surface area contributed by atoms with Gasteiger partial charge in [0, 0.05) is 23.3 Å². The van der Waals surface area contributed by atoms with Crippen LogP contribution in [-0.2, 0) is 23.8 Å². The molecule has 0 radical (unpaired) electrons. The Hall–Kier alpha value is -0.670. The highest BCUT2D eigenvalue weighted by molar-refractivity contribution is 8.13. The fraction of sp³-hybridized carbons (Fsp3) is 0.500. The number of ether oxygens (including phenoxy) is 1. The number of hydrogen-bond acceptors (Lipinski definition) is 5. The van der Waals surface area contributed by atoms with Crippen LogP contribution in [0.5, 0.6) is 0 Å². The molecule has 0 aromatic heterocycles. The number of hydrogen-bond donors (Lipinski definition) is 1. The van der Waals surface area contributed by atoms with Crippen LogP contribution in [-0.4, -0.2) is 35.6 Å². The molecule has 1 aliphatic carbocycles. The minimum absolute atomic E-state index is 0.00595. The second-order valence-corrected chi connectivity index (χ2v) is 9.06. The summed E-state index contributed by atoms with van der Waals surface area (Å²) in [5.74, 6) is 0. The second-order valence-electron chi connectivity index (χ2n) is 4.78. The zero-order valence-electron chi connectivity index (χ0n) is 11.3. The Morgan fingerprint density at radius 1 is 1.14 bits per heavy atom. The lowest BCUT2D eigenvalue weighted by atomic mass is 9.90. The SMILES string of the molecule is CCOC1CC(NS(=O)(=O)c2ccc(S(=O)(=O)Cl)cc2)C1. The first-order valence-corrected chi connectivity index (χ1v) is 10.2. The molecule has 9 heteroatoms. The molecule has 0 atom stereocenters. The molecule has 1 N–H and O–H groups in total. The Balaban J connectivity index is 2.04. The van der Waals surface area contributed by atoms with Crippen LogP contribution < -0.4 is 4.72 Å². The van der Waals surface area contributed by atoms with E-state index in [0.717, 1.165) is 0 Å². The number of halogens is 1. The molecule has 0 heterocycles. The predicted molar refractivity (Wildman–Crippen MR) is 78.2 cm³/mol. The fourth-order valence-electron chi connectivity index (χ4n) is 2.10. The van der Waals surface area contributed by atoms with Crippen LogP contribution in [0, 0.1) is 0 Å². The van der Waals surface area contributed by atoms with E-state index in [1.54, 1.807) is 0 Å². The van der Waals surface area contributed by atoms with E-state index in [1.807, 2.05) is 6.92 Å². The quantitative estimate of drug-likeness (QED) is 0.782. The van der Waals surface area contributed by atoms with Crippen molar-refractivity contribution in [3.63, 3.8) is 0 Å². The molecule has 2 rings (SSSR count). The first-order valence-electron chi connectivity index (χ1n) is 6.41. The summed E-state index contributed by atoms with van der Waals surface area (Å²) in [5.41, 5.74) is 0. The summed E-state index contributed by atoms with van der Waals surface area (Å²) in [7, 11) is -2.34. The molecule has 0 amide bonds. The van der Waals surface area contributed by atoms with Crippen LogP contribution in [0.4, 0.5) is 0 Å². The zero-order chi connectivity index (χ0) is 15.7. The van der Waals surface area contributed by atoms with Gasteiger partial charge in [0.05, 0.1) is 15.9 Å². The third-order valence-corrected chi connectivity index (χ3v) is 6.14. The maximum Gasteiger partial charge on any atom is 0.261 e. The standard InChI is InChI=1S/C12H16ClNO5S2/c1-2-19-10-7-9(8-10)14-21(17,18)12-5-3-11(4-6-12)20(13,15)16/h3-6,9-10,14H,2,7-8H2,1H3. The highest BCUT2D eigenvalue weighted by Crippen LogP contribution is 2.25. The summed E-state index contributed by atoms with van der Waals surface area (Å²) in [6, 6.07) is 4.62. The monoisotopic (exact) mass is 353 g/mol. The van der Waals surface area contributed by atoms with Crippen molar-refractivity contribution in [2.45, 2.75) is 41.7 Å². The molecule has 118 valence electrons. The third-order valence-electron chi connectivity index (χ3n) is 3.23. The molecule has 0 saturated heterocycles. The van der Waals surface area contributed by atoms with Crippen molar-refractivity contribution in [1.82, 2.24) is 4.72 Å². The zero-order valence-corrected chi connectivity index (χ0v) is 13.7. The first-order chi connectivity index (χ1) is 9.72. The minimum Gasteiger partial charge on any atom is -0.378 e. The van der Waals surface area contributed by atoms with Crippen LogP contribution in [0.2, 0.25) is 0 Å². The average molecular weight is 354 g/mol. The molecule has 1 saturated carbocycles. The molecule has 0 spiro atoms. The topological polar surface area (TPSA) is 89.5 Å². The highest BCUT2D eigenvalue weighted by atomic mass is 35.7. The van der Waals surface area contributed by atoms with Gasteiger partial charge in [0.1, 0.15) is 0 Å². The smallest absolute Gasteiger partial charge is 0.261 e. The molecule has 6 nitrogen and oxygen atoms in total. The molecular weight excluding hydrogens is 338 g/mol. The van der Waals surface area contributed by atoms with Crippen LogP contribution >= 0.6 is 10.7 Å². The van der Waals surface area contributed by atoms with Crippen molar-refractivity contribution in [1.29, 1.82) is 0 Å². The van der Waals surface area contributed by atoms with E-state index < -0.39 is 19.1 Å². The molecule has 1 aromatic carbocycles.